The van der Waals surface area contributed by atoms with E-state index in [-0.39, 0.29) is 17.9 Å². The van der Waals surface area contributed by atoms with Crippen LogP contribution < -0.4 is 15.5 Å². The number of hydrogen-bond acceptors (Lipinski definition) is 4. The van der Waals surface area contributed by atoms with E-state index < -0.39 is 0 Å². The number of nitrogens with one attached hydrogen (secondary N) is 2. The molecule has 24 heavy (non-hydrogen) atoms. The van der Waals surface area contributed by atoms with Crippen LogP contribution in [-0.4, -0.2) is 40.2 Å². The van der Waals surface area contributed by atoms with Crippen molar-refractivity contribution in [2.75, 3.05) is 18.0 Å². The van der Waals surface area contributed by atoms with E-state index in [4.69, 9.17) is 0 Å². The van der Waals surface area contributed by atoms with E-state index in [1.807, 2.05) is 6.92 Å². The summed E-state index contributed by atoms with van der Waals surface area (Å²) in [6.45, 7) is 4.55. The number of aryl methyl sites for hydroxylation is 1. The molecule has 1 saturated heterocycles. The smallest absolute Gasteiger partial charge is 0.315 e. The summed E-state index contributed by atoms with van der Waals surface area (Å²) in [5.41, 5.74) is 1.70. The molecule has 1 aliphatic rings. The van der Waals surface area contributed by atoms with Crippen LogP contribution in [0.5, 0.6) is 0 Å². The summed E-state index contributed by atoms with van der Waals surface area (Å²) in [6, 6.07) is 6.27. The molecule has 0 spiro atoms. The molecule has 0 bridgehead atoms. The molecule has 3 rings (SSSR count). The third-order valence-electron chi connectivity index (χ3n) is 4.01. The number of rotatable bonds is 5. The van der Waals surface area contributed by atoms with Crippen LogP contribution in [-0.2, 0) is 13.1 Å². The second-order valence-electron chi connectivity index (χ2n) is 5.76. The molecule has 0 saturated carbocycles. The van der Waals surface area contributed by atoms with Crippen molar-refractivity contribution in [3.8, 4) is 0 Å². The lowest BCUT2D eigenvalue weighted by molar-refractivity contribution is 0.237. The number of nitrogens with zero attached hydrogens (tertiary/aromatic N) is 4. The summed E-state index contributed by atoms with van der Waals surface area (Å²) in [6.07, 6.45) is 2.51. The van der Waals surface area contributed by atoms with Gasteiger partial charge in [-0.25, -0.2) is 9.18 Å². The minimum atomic E-state index is -0.244. The molecule has 2 N–H and O–H groups in total. The summed E-state index contributed by atoms with van der Waals surface area (Å²) in [5.74, 6) is -0.244. The molecule has 2 heterocycles. The number of hydrogen-bond donors (Lipinski definition) is 2. The fourth-order valence-corrected chi connectivity index (χ4v) is 2.74. The predicted molar refractivity (Wildman–Crippen MR) is 88.1 cm³/mol. The SMILES string of the molecule is CCn1ncc(CNC(=O)NC2CCN(c3ccc(F)cc3)C2)n1. The standard InChI is InChI=1S/C16H21FN6O/c1-2-23-19-10-14(21-23)9-18-16(24)20-13-7-8-22(11-13)15-5-3-12(17)4-6-15/h3-6,10,13H,2,7-9,11H2,1H3,(H2,18,20,24). The summed E-state index contributed by atoms with van der Waals surface area (Å²) in [7, 11) is 0. The Morgan fingerprint density at radius 3 is 2.88 bits per heavy atom. The van der Waals surface area contributed by atoms with Gasteiger partial charge in [-0.2, -0.15) is 15.0 Å². The minimum absolute atomic E-state index is 0.0707. The van der Waals surface area contributed by atoms with E-state index in [1.165, 1.54) is 12.1 Å². The lowest BCUT2D eigenvalue weighted by Gasteiger charge is -2.19. The molecular formula is C16H21FN6O. The van der Waals surface area contributed by atoms with Gasteiger partial charge in [0.05, 0.1) is 19.3 Å². The van der Waals surface area contributed by atoms with Crippen LogP contribution in [0.2, 0.25) is 0 Å². The lowest BCUT2D eigenvalue weighted by Crippen LogP contribution is -2.43. The monoisotopic (exact) mass is 332 g/mol. The van der Waals surface area contributed by atoms with Crippen molar-refractivity contribution in [2.24, 2.45) is 0 Å². The average molecular weight is 332 g/mol. The van der Waals surface area contributed by atoms with Crippen molar-refractivity contribution in [1.82, 2.24) is 25.6 Å². The maximum atomic E-state index is 13.0. The van der Waals surface area contributed by atoms with Crippen LogP contribution in [0.15, 0.2) is 30.5 Å². The minimum Gasteiger partial charge on any atom is -0.369 e. The highest BCUT2D eigenvalue weighted by Gasteiger charge is 2.24. The first-order valence-corrected chi connectivity index (χ1v) is 8.08. The quantitative estimate of drug-likeness (QED) is 0.870. The van der Waals surface area contributed by atoms with Crippen LogP contribution in [0, 0.1) is 5.82 Å². The van der Waals surface area contributed by atoms with Crippen LogP contribution in [0.4, 0.5) is 14.9 Å². The van der Waals surface area contributed by atoms with Gasteiger partial charge in [0, 0.05) is 24.8 Å². The van der Waals surface area contributed by atoms with Crippen LogP contribution in [0.3, 0.4) is 0 Å². The Morgan fingerprint density at radius 1 is 1.38 bits per heavy atom. The van der Waals surface area contributed by atoms with Gasteiger partial charge in [0.2, 0.25) is 0 Å². The second kappa shape index (κ2) is 7.29. The molecule has 1 atom stereocenters. The number of urea groups is 1. The third-order valence-corrected chi connectivity index (χ3v) is 4.01. The molecule has 2 amide bonds. The van der Waals surface area contributed by atoms with Gasteiger partial charge in [-0.15, -0.1) is 0 Å². The number of anilines is 1. The molecule has 1 aliphatic heterocycles. The maximum Gasteiger partial charge on any atom is 0.315 e. The number of aromatic nitrogens is 3. The highest BCUT2D eigenvalue weighted by Crippen LogP contribution is 2.20. The van der Waals surface area contributed by atoms with Gasteiger partial charge in [-0.1, -0.05) is 0 Å². The first kappa shape index (κ1) is 16.2. The number of amides is 2. The normalized spacial score (nSPS) is 17.1. The number of benzene rings is 1. The van der Waals surface area contributed by atoms with Crippen molar-refractivity contribution < 1.29 is 9.18 Å². The Hall–Kier alpha value is -2.64. The molecule has 128 valence electrons. The van der Waals surface area contributed by atoms with Gasteiger partial charge >= 0.3 is 6.03 Å². The Balaban J connectivity index is 1.44. The molecular weight excluding hydrogens is 311 g/mol. The zero-order chi connectivity index (χ0) is 16.9. The number of carbonyl (C=O) groups excluding carboxylic acids is 1. The first-order chi connectivity index (χ1) is 11.6. The van der Waals surface area contributed by atoms with Gasteiger partial charge in [-0.3, -0.25) is 0 Å². The Bertz CT molecular complexity index is 686. The van der Waals surface area contributed by atoms with Crippen LogP contribution in [0.1, 0.15) is 19.0 Å². The van der Waals surface area contributed by atoms with Gasteiger partial charge in [0.15, 0.2) is 0 Å². The average Bonchev–Trinajstić information content (AvgIpc) is 3.23. The molecule has 1 fully saturated rings. The summed E-state index contributed by atoms with van der Waals surface area (Å²) in [5, 5.41) is 14.0. The third kappa shape index (κ3) is 4.01. The summed E-state index contributed by atoms with van der Waals surface area (Å²) in [4.78, 5) is 15.7. The molecule has 0 aliphatic carbocycles. The zero-order valence-electron chi connectivity index (χ0n) is 13.6. The van der Waals surface area contributed by atoms with Crippen LogP contribution in [0.25, 0.3) is 0 Å². The molecule has 1 aromatic heterocycles. The number of carbonyl (C=O) groups is 1. The van der Waals surface area contributed by atoms with Gasteiger partial charge in [0.1, 0.15) is 11.5 Å². The Morgan fingerprint density at radius 2 is 2.17 bits per heavy atom. The van der Waals surface area contributed by atoms with E-state index in [0.717, 1.165) is 24.3 Å². The Kier molecular flexibility index (Phi) is 4.93. The van der Waals surface area contributed by atoms with Crippen molar-refractivity contribution in [3.05, 3.63) is 42.0 Å². The molecule has 1 aromatic carbocycles. The lowest BCUT2D eigenvalue weighted by atomic mass is 10.2. The van der Waals surface area contributed by atoms with Crippen molar-refractivity contribution in [2.45, 2.75) is 32.5 Å². The van der Waals surface area contributed by atoms with E-state index in [0.29, 0.717) is 19.6 Å². The van der Waals surface area contributed by atoms with Gasteiger partial charge < -0.3 is 15.5 Å². The largest absolute Gasteiger partial charge is 0.369 e. The molecule has 1 unspecified atom stereocenters. The summed E-state index contributed by atoms with van der Waals surface area (Å²) >= 11 is 0. The summed E-state index contributed by atoms with van der Waals surface area (Å²) < 4.78 is 13.0. The van der Waals surface area contributed by atoms with Crippen molar-refractivity contribution in [1.29, 1.82) is 0 Å². The van der Waals surface area contributed by atoms with Gasteiger partial charge in [0.25, 0.3) is 0 Å². The fourth-order valence-electron chi connectivity index (χ4n) is 2.74. The highest BCUT2D eigenvalue weighted by molar-refractivity contribution is 5.74. The van der Waals surface area contributed by atoms with Crippen molar-refractivity contribution in [3.63, 3.8) is 0 Å². The molecule has 0 radical (unpaired) electrons. The molecule has 7 nitrogen and oxygen atoms in total. The topological polar surface area (TPSA) is 75.1 Å². The molecule has 2 aromatic rings. The predicted octanol–water partition coefficient (Wildman–Crippen LogP) is 1.52. The van der Waals surface area contributed by atoms with E-state index in [1.54, 1.807) is 23.1 Å². The fraction of sp³-hybridized carbons (Fsp3) is 0.438. The zero-order valence-corrected chi connectivity index (χ0v) is 13.6. The maximum absolute atomic E-state index is 13.0. The number of halogens is 1. The Labute approximate surface area is 139 Å². The van der Waals surface area contributed by atoms with E-state index >= 15 is 0 Å². The van der Waals surface area contributed by atoms with Crippen molar-refractivity contribution >= 4 is 11.7 Å². The van der Waals surface area contributed by atoms with E-state index in [9.17, 15) is 9.18 Å². The highest BCUT2D eigenvalue weighted by atomic mass is 19.1. The first-order valence-electron chi connectivity index (χ1n) is 8.08. The second-order valence-corrected chi connectivity index (χ2v) is 5.76. The molecule has 8 heteroatoms. The van der Waals surface area contributed by atoms with E-state index in [2.05, 4.69) is 25.7 Å². The van der Waals surface area contributed by atoms with Gasteiger partial charge in [-0.05, 0) is 37.6 Å². The van der Waals surface area contributed by atoms with Crippen LogP contribution >= 0.6 is 0 Å².